The molecule has 0 radical (unpaired) electrons. The van der Waals surface area contributed by atoms with E-state index in [-0.39, 0.29) is 12.3 Å². The number of halogens is 3. The maximum Gasteiger partial charge on any atom is 0.246 e. The fourth-order valence-corrected chi connectivity index (χ4v) is 2.00. The zero-order valence-electron chi connectivity index (χ0n) is 14.0. The second-order valence-electron chi connectivity index (χ2n) is 4.90. The van der Waals surface area contributed by atoms with Gasteiger partial charge < -0.3 is 15.4 Å². The molecule has 1 rings (SSSR count). The van der Waals surface area contributed by atoms with Crippen molar-refractivity contribution in [3.8, 4) is 5.75 Å². The van der Waals surface area contributed by atoms with Crippen molar-refractivity contribution >= 4 is 64.3 Å². The largest absolute Gasteiger partial charge is 0.466 e. The van der Waals surface area contributed by atoms with Crippen LogP contribution in [-0.2, 0) is 4.79 Å². The average molecular weight is 438 g/mol. The molecule has 3 N–H and O–H groups in total. The van der Waals surface area contributed by atoms with Crippen molar-refractivity contribution in [3.05, 3.63) is 42.5 Å². The minimum Gasteiger partial charge on any atom is -0.466 e. The molecule has 0 aliphatic heterocycles. The predicted molar refractivity (Wildman–Crippen MR) is 111 cm³/mol. The lowest BCUT2D eigenvalue weighted by molar-refractivity contribution is -0.123. The summed E-state index contributed by atoms with van der Waals surface area (Å²) in [5, 5.41) is 9.78. The van der Waals surface area contributed by atoms with Crippen molar-refractivity contribution in [2.75, 3.05) is 6.54 Å². The highest BCUT2D eigenvalue weighted by Crippen LogP contribution is 2.32. The number of rotatable bonds is 8. The summed E-state index contributed by atoms with van der Waals surface area (Å²) in [6.45, 7) is 5.81. The Kier molecular flexibility index (Phi) is 9.72. The highest BCUT2D eigenvalue weighted by molar-refractivity contribution is 7.80. The molecule has 0 fully saturated rings. The summed E-state index contributed by atoms with van der Waals surface area (Å²) >= 11 is 22.6. The first kappa shape index (κ1) is 22.5. The van der Waals surface area contributed by atoms with E-state index in [1.54, 1.807) is 43.5 Å². The molecule has 26 heavy (non-hydrogen) atoms. The summed E-state index contributed by atoms with van der Waals surface area (Å²) in [7, 11) is 0. The Labute approximate surface area is 172 Å². The Hall–Kier alpha value is -1.54. The number of hydrogen-bond acceptors (Lipinski definition) is 4. The molecule has 1 aromatic rings. The third-order valence-electron chi connectivity index (χ3n) is 2.83. The van der Waals surface area contributed by atoms with Crippen molar-refractivity contribution in [2.24, 2.45) is 5.10 Å². The van der Waals surface area contributed by atoms with Crippen molar-refractivity contribution in [1.82, 2.24) is 16.1 Å². The third-order valence-corrected chi connectivity index (χ3v) is 3.66. The summed E-state index contributed by atoms with van der Waals surface area (Å²) in [5.41, 5.74) is 3.46. The zero-order chi connectivity index (χ0) is 19.6. The van der Waals surface area contributed by atoms with Gasteiger partial charge in [0.2, 0.25) is 15.9 Å². The van der Waals surface area contributed by atoms with Crippen molar-refractivity contribution in [1.29, 1.82) is 0 Å². The van der Waals surface area contributed by atoms with E-state index in [2.05, 4.69) is 27.7 Å². The number of thiocarbonyl (C=S) groups is 1. The van der Waals surface area contributed by atoms with Gasteiger partial charge in [-0.25, -0.2) is 0 Å². The van der Waals surface area contributed by atoms with E-state index >= 15 is 0 Å². The first-order valence-corrected chi connectivity index (χ1v) is 9.11. The molecule has 0 aliphatic carbocycles. The molecule has 0 bridgehead atoms. The molecule has 1 amide bonds. The topological polar surface area (TPSA) is 74.8 Å². The fourth-order valence-electron chi connectivity index (χ4n) is 1.56. The van der Waals surface area contributed by atoms with Crippen molar-refractivity contribution < 1.29 is 9.53 Å². The van der Waals surface area contributed by atoms with Gasteiger partial charge in [0, 0.05) is 13.0 Å². The monoisotopic (exact) mass is 436 g/mol. The van der Waals surface area contributed by atoms with Gasteiger partial charge in [-0.15, -0.1) is 6.58 Å². The number of nitrogens with zero attached hydrogens (tertiary/aromatic N) is 1. The molecule has 0 aliphatic rings. The van der Waals surface area contributed by atoms with Gasteiger partial charge in [-0.2, -0.15) is 5.10 Å². The lowest BCUT2D eigenvalue weighted by Gasteiger charge is -2.26. The number of nitrogens with one attached hydrogen (secondary N) is 3. The lowest BCUT2D eigenvalue weighted by atomic mass is 10.2. The highest BCUT2D eigenvalue weighted by Gasteiger charge is 2.35. The third kappa shape index (κ3) is 8.71. The Morgan fingerprint density at radius 3 is 2.58 bits per heavy atom. The van der Waals surface area contributed by atoms with Gasteiger partial charge in [-0.1, -0.05) is 47.8 Å². The van der Waals surface area contributed by atoms with Crippen molar-refractivity contribution in [2.45, 2.75) is 23.4 Å². The van der Waals surface area contributed by atoms with E-state index < -0.39 is 10.0 Å². The molecule has 0 saturated carbocycles. The van der Waals surface area contributed by atoms with E-state index in [1.165, 1.54) is 0 Å². The molecule has 1 atom stereocenters. The zero-order valence-corrected chi connectivity index (χ0v) is 17.1. The normalized spacial score (nSPS) is 12.3. The van der Waals surface area contributed by atoms with Crippen LogP contribution in [-0.4, -0.2) is 33.8 Å². The van der Waals surface area contributed by atoms with Crippen LogP contribution in [0.2, 0.25) is 0 Å². The molecule has 1 aromatic carbocycles. The number of benzene rings is 1. The summed E-state index contributed by atoms with van der Waals surface area (Å²) < 4.78 is 3.75. The number of ether oxygens (including phenoxy) is 1. The Balaban J connectivity index is 2.66. The summed E-state index contributed by atoms with van der Waals surface area (Å²) in [5.74, 6) is 0.128. The van der Waals surface area contributed by atoms with Crippen LogP contribution in [0, 0.1) is 0 Å². The molecule has 0 heterocycles. The average Bonchev–Trinajstić information content (AvgIpc) is 2.59. The van der Waals surface area contributed by atoms with Crippen LogP contribution < -0.4 is 20.8 Å². The molecule has 10 heteroatoms. The number of carbonyl (C=O) groups is 1. The lowest BCUT2D eigenvalue weighted by Crippen LogP contribution is -2.47. The highest BCUT2D eigenvalue weighted by atomic mass is 35.6. The minimum absolute atomic E-state index is 0.243. The molecule has 0 spiro atoms. The minimum atomic E-state index is -1.82. The molecule has 0 saturated heterocycles. The Morgan fingerprint density at radius 1 is 1.38 bits per heavy atom. The van der Waals surface area contributed by atoms with Crippen LogP contribution in [0.1, 0.15) is 18.9 Å². The van der Waals surface area contributed by atoms with Crippen LogP contribution in [0.25, 0.3) is 0 Å². The van der Waals surface area contributed by atoms with Gasteiger partial charge >= 0.3 is 0 Å². The van der Waals surface area contributed by atoms with Crippen LogP contribution in [0.15, 0.2) is 42.0 Å². The smallest absolute Gasteiger partial charge is 0.246 e. The predicted octanol–water partition coefficient (Wildman–Crippen LogP) is 3.27. The quantitative estimate of drug-likeness (QED) is 0.145. The number of alkyl halides is 3. The van der Waals surface area contributed by atoms with E-state index in [0.29, 0.717) is 17.4 Å². The van der Waals surface area contributed by atoms with Crippen molar-refractivity contribution in [3.63, 3.8) is 0 Å². The number of amides is 1. The van der Waals surface area contributed by atoms with E-state index in [9.17, 15) is 4.79 Å². The molecular formula is C16H19Cl3N4O2S. The van der Waals surface area contributed by atoms with Gasteiger partial charge in [0.25, 0.3) is 0 Å². The number of hydrazone groups is 1. The van der Waals surface area contributed by atoms with E-state index in [0.717, 1.165) is 5.56 Å². The van der Waals surface area contributed by atoms with Gasteiger partial charge in [0.15, 0.2) is 5.11 Å². The number of carbonyl (C=O) groups excluding carboxylic acids is 1. The van der Waals surface area contributed by atoms with E-state index in [4.69, 9.17) is 51.8 Å². The van der Waals surface area contributed by atoms with E-state index in [1.807, 2.05) is 0 Å². The maximum absolute atomic E-state index is 11.5. The van der Waals surface area contributed by atoms with Gasteiger partial charge in [-0.05, 0) is 42.0 Å². The first-order chi connectivity index (χ1) is 12.3. The SMILES string of the molecule is C=CCNC(=S)N/N=C/c1ccc(OC(NC(=O)CC)C(Cl)(Cl)Cl)cc1. The molecule has 1 unspecified atom stereocenters. The van der Waals surface area contributed by atoms with Crippen LogP contribution in [0.5, 0.6) is 5.75 Å². The van der Waals surface area contributed by atoms with Crippen LogP contribution in [0.3, 0.4) is 0 Å². The summed E-state index contributed by atoms with van der Waals surface area (Å²) in [4.78, 5) is 11.5. The fraction of sp³-hybridized carbons (Fsp3) is 0.312. The Morgan fingerprint density at radius 2 is 2.04 bits per heavy atom. The molecule has 6 nitrogen and oxygen atoms in total. The first-order valence-electron chi connectivity index (χ1n) is 7.56. The number of hydrogen-bond donors (Lipinski definition) is 3. The van der Waals surface area contributed by atoms with Gasteiger partial charge in [0.1, 0.15) is 5.75 Å². The van der Waals surface area contributed by atoms with Gasteiger partial charge in [0.05, 0.1) is 6.21 Å². The second-order valence-corrected chi connectivity index (χ2v) is 7.68. The van der Waals surface area contributed by atoms with Gasteiger partial charge in [-0.3, -0.25) is 10.2 Å². The molecular weight excluding hydrogens is 419 g/mol. The molecule has 142 valence electrons. The van der Waals surface area contributed by atoms with Crippen LogP contribution >= 0.6 is 47.0 Å². The Bertz CT molecular complexity index is 648. The standard InChI is InChI=1S/C16H19Cl3N4O2S/c1-3-9-20-15(26)23-21-10-11-5-7-12(8-6-11)25-14(16(17,18)19)22-13(24)4-2/h3,5-8,10,14H,1,4,9H2,2H3,(H,22,24)(H2,20,23,26)/b21-10+. The summed E-state index contributed by atoms with van der Waals surface area (Å²) in [6, 6.07) is 6.82. The maximum atomic E-state index is 11.5. The van der Waals surface area contributed by atoms with Crippen LogP contribution in [0.4, 0.5) is 0 Å². The second kappa shape index (κ2) is 11.2. The molecule has 0 aromatic heterocycles. The summed E-state index contributed by atoms with van der Waals surface area (Å²) in [6.07, 6.45) is 2.39.